The molecule has 1 aromatic carbocycles. The molecule has 3 heterocycles. The van der Waals surface area contributed by atoms with Gasteiger partial charge in [-0.3, -0.25) is 24.2 Å². The van der Waals surface area contributed by atoms with E-state index < -0.39 is 23.3 Å². The third kappa shape index (κ3) is 2.28. The number of hydrogen-bond acceptors (Lipinski definition) is 5. The predicted molar refractivity (Wildman–Crippen MR) is 98.2 cm³/mol. The maximum atomic E-state index is 13.2. The zero-order valence-electron chi connectivity index (χ0n) is 15.6. The van der Waals surface area contributed by atoms with Crippen LogP contribution < -0.4 is 10.2 Å². The molecule has 0 radical (unpaired) electrons. The Morgan fingerprint density at radius 2 is 1.81 bits per heavy atom. The lowest BCUT2D eigenvalue weighted by atomic mass is 9.68. The molecule has 3 aliphatic rings. The molecule has 5 amide bonds. The number of fused-ring (bicyclic) bond motifs is 4. The van der Waals surface area contributed by atoms with E-state index in [2.05, 4.69) is 10.2 Å². The first-order valence-corrected chi connectivity index (χ1v) is 9.05. The second kappa shape index (κ2) is 5.80. The molecule has 142 valence electrons. The number of carbonyl (C=O) groups is 4. The highest BCUT2D eigenvalue weighted by atomic mass is 16.2. The Morgan fingerprint density at radius 1 is 1.15 bits per heavy atom. The van der Waals surface area contributed by atoms with Crippen molar-refractivity contribution in [1.82, 2.24) is 9.80 Å². The highest BCUT2D eigenvalue weighted by Crippen LogP contribution is 2.49. The van der Waals surface area contributed by atoms with Crippen molar-refractivity contribution in [1.29, 1.82) is 0 Å². The summed E-state index contributed by atoms with van der Waals surface area (Å²) in [4.78, 5) is 54.4. The van der Waals surface area contributed by atoms with E-state index in [4.69, 9.17) is 0 Å². The summed E-state index contributed by atoms with van der Waals surface area (Å²) in [6.07, 6.45) is 1.82. The first-order valence-electron chi connectivity index (χ1n) is 9.05. The number of hydrogen-bond donors (Lipinski definition) is 1. The molecule has 0 aromatic heterocycles. The van der Waals surface area contributed by atoms with E-state index in [0.717, 1.165) is 40.4 Å². The molecule has 0 aliphatic carbocycles. The van der Waals surface area contributed by atoms with Crippen molar-refractivity contribution in [3.05, 3.63) is 23.8 Å². The first kappa shape index (κ1) is 17.5. The van der Waals surface area contributed by atoms with E-state index >= 15 is 0 Å². The number of imide groups is 2. The zero-order valence-corrected chi connectivity index (χ0v) is 15.6. The summed E-state index contributed by atoms with van der Waals surface area (Å²) in [5.41, 5.74) is 1.13. The molecule has 2 fully saturated rings. The van der Waals surface area contributed by atoms with Crippen molar-refractivity contribution in [2.75, 3.05) is 30.9 Å². The van der Waals surface area contributed by atoms with Gasteiger partial charge >= 0.3 is 6.03 Å². The molecule has 2 saturated heterocycles. The van der Waals surface area contributed by atoms with Gasteiger partial charge in [0.25, 0.3) is 0 Å². The summed E-state index contributed by atoms with van der Waals surface area (Å²) < 4.78 is 0. The molecule has 4 rings (SSSR count). The number of amides is 5. The Morgan fingerprint density at radius 3 is 2.44 bits per heavy atom. The molecule has 1 spiro atoms. The van der Waals surface area contributed by atoms with Crippen LogP contribution in [-0.2, 0) is 20.8 Å². The van der Waals surface area contributed by atoms with Gasteiger partial charge in [0, 0.05) is 38.9 Å². The highest BCUT2D eigenvalue weighted by molar-refractivity contribution is 6.20. The summed E-state index contributed by atoms with van der Waals surface area (Å²) in [6.45, 7) is 2.18. The number of nitrogens with one attached hydrogen (secondary N) is 1. The van der Waals surface area contributed by atoms with Crippen LogP contribution in [0.2, 0.25) is 0 Å². The molecule has 3 aliphatic heterocycles. The lowest BCUT2D eigenvalue weighted by Gasteiger charge is -2.50. The highest BCUT2D eigenvalue weighted by Gasteiger charge is 2.63. The van der Waals surface area contributed by atoms with Gasteiger partial charge in [-0.1, -0.05) is 0 Å². The zero-order chi connectivity index (χ0) is 19.5. The molecule has 8 heteroatoms. The maximum absolute atomic E-state index is 13.2. The number of barbiturate groups is 1. The van der Waals surface area contributed by atoms with Crippen molar-refractivity contribution in [3.8, 4) is 0 Å². The van der Waals surface area contributed by atoms with Gasteiger partial charge in [-0.15, -0.1) is 0 Å². The summed E-state index contributed by atoms with van der Waals surface area (Å²) in [7, 11) is 2.86. The van der Waals surface area contributed by atoms with E-state index in [1.807, 2.05) is 18.2 Å². The minimum Gasteiger partial charge on any atom is -0.367 e. The molecule has 0 saturated carbocycles. The molecular weight excluding hydrogens is 348 g/mol. The fourth-order valence-corrected chi connectivity index (χ4v) is 4.80. The fourth-order valence-electron chi connectivity index (χ4n) is 4.80. The van der Waals surface area contributed by atoms with Crippen LogP contribution in [-0.4, -0.2) is 60.2 Å². The molecule has 1 aromatic rings. The molecule has 0 bridgehead atoms. The smallest absolute Gasteiger partial charge is 0.332 e. The summed E-state index contributed by atoms with van der Waals surface area (Å²) in [6, 6.07) is 4.72. The number of carbonyl (C=O) groups excluding carboxylic acids is 4. The van der Waals surface area contributed by atoms with Crippen LogP contribution in [0.15, 0.2) is 18.2 Å². The predicted octanol–water partition coefficient (Wildman–Crippen LogP) is 1.21. The maximum Gasteiger partial charge on any atom is 0.332 e. The van der Waals surface area contributed by atoms with Gasteiger partial charge in [-0.05, 0) is 43.0 Å². The van der Waals surface area contributed by atoms with Crippen molar-refractivity contribution in [3.63, 3.8) is 0 Å². The largest absolute Gasteiger partial charge is 0.367 e. The molecule has 8 nitrogen and oxygen atoms in total. The Balaban J connectivity index is 1.86. The number of nitrogens with zero attached hydrogens (tertiary/aromatic N) is 3. The van der Waals surface area contributed by atoms with E-state index in [-0.39, 0.29) is 18.4 Å². The van der Waals surface area contributed by atoms with Crippen LogP contribution >= 0.6 is 0 Å². The number of urea groups is 1. The van der Waals surface area contributed by atoms with E-state index in [0.29, 0.717) is 5.69 Å². The monoisotopic (exact) mass is 370 g/mol. The number of anilines is 2. The molecule has 27 heavy (non-hydrogen) atoms. The van der Waals surface area contributed by atoms with E-state index in [9.17, 15) is 19.2 Å². The normalized spacial score (nSPS) is 23.6. The van der Waals surface area contributed by atoms with Crippen molar-refractivity contribution < 1.29 is 19.2 Å². The van der Waals surface area contributed by atoms with Crippen molar-refractivity contribution in [2.45, 2.75) is 32.2 Å². The number of benzene rings is 1. The average molecular weight is 370 g/mol. The van der Waals surface area contributed by atoms with Gasteiger partial charge in [-0.25, -0.2) is 4.79 Å². The third-order valence-corrected chi connectivity index (χ3v) is 5.95. The molecule has 1 N–H and O–H groups in total. The average Bonchev–Trinajstić information content (AvgIpc) is 3.13. The van der Waals surface area contributed by atoms with Gasteiger partial charge in [0.15, 0.2) is 5.41 Å². The second-order valence-electron chi connectivity index (χ2n) is 7.54. The van der Waals surface area contributed by atoms with Crippen LogP contribution in [0.4, 0.5) is 16.2 Å². The van der Waals surface area contributed by atoms with Crippen LogP contribution in [0.1, 0.15) is 25.3 Å². The Kier molecular flexibility index (Phi) is 3.76. The van der Waals surface area contributed by atoms with E-state index in [1.54, 1.807) is 0 Å². The lowest BCUT2D eigenvalue weighted by Crippen LogP contribution is -2.70. The standard InChI is InChI=1S/C19H22N4O4/c1-11(24)20-13-6-7-14-12(9-13)10-19(15-5-4-8-23(14)15)16(25)21(2)18(27)22(3)17(19)26/h6-7,9,15H,4-5,8,10H2,1-3H3,(H,20,24)/t15-/m0/s1. The lowest BCUT2D eigenvalue weighted by molar-refractivity contribution is -0.159. The van der Waals surface area contributed by atoms with Crippen molar-refractivity contribution >= 4 is 35.1 Å². The van der Waals surface area contributed by atoms with Crippen LogP contribution in [0.25, 0.3) is 0 Å². The Bertz CT molecular complexity index is 856. The van der Waals surface area contributed by atoms with Crippen LogP contribution in [0.5, 0.6) is 0 Å². The van der Waals surface area contributed by atoms with Gasteiger partial charge in [0.05, 0.1) is 6.04 Å². The fraction of sp³-hybridized carbons (Fsp3) is 0.474. The number of rotatable bonds is 1. The topological polar surface area (TPSA) is 90.0 Å². The summed E-state index contributed by atoms with van der Waals surface area (Å²) in [5, 5.41) is 2.75. The van der Waals surface area contributed by atoms with Crippen LogP contribution in [0.3, 0.4) is 0 Å². The Labute approximate surface area is 157 Å². The SMILES string of the molecule is CC(=O)Nc1ccc2c(c1)CC1(C(=O)N(C)C(=O)N(C)C1=O)[C@@H]1CCCN21. The van der Waals surface area contributed by atoms with Gasteiger partial charge in [0.2, 0.25) is 17.7 Å². The van der Waals surface area contributed by atoms with Gasteiger partial charge in [-0.2, -0.15) is 0 Å². The van der Waals surface area contributed by atoms with Crippen molar-refractivity contribution in [2.24, 2.45) is 5.41 Å². The second-order valence-corrected chi connectivity index (χ2v) is 7.54. The molecule has 1 atom stereocenters. The Hall–Kier alpha value is -2.90. The van der Waals surface area contributed by atoms with Crippen LogP contribution in [0, 0.1) is 5.41 Å². The molecule has 0 unspecified atom stereocenters. The quantitative estimate of drug-likeness (QED) is 0.751. The summed E-state index contributed by atoms with van der Waals surface area (Å²) in [5.74, 6) is -1.07. The summed E-state index contributed by atoms with van der Waals surface area (Å²) >= 11 is 0. The minimum atomic E-state index is -1.31. The first-order chi connectivity index (χ1) is 12.8. The molecular formula is C19H22N4O4. The third-order valence-electron chi connectivity index (χ3n) is 5.95. The van der Waals surface area contributed by atoms with Gasteiger partial charge in [0.1, 0.15) is 0 Å². The van der Waals surface area contributed by atoms with Gasteiger partial charge < -0.3 is 10.2 Å². The minimum absolute atomic E-state index is 0.186. The van der Waals surface area contributed by atoms with E-state index in [1.165, 1.54) is 21.0 Å².